The number of imidazole rings is 1. The first-order valence-corrected chi connectivity index (χ1v) is 8.02. The Hall–Kier alpha value is -2.51. The van der Waals surface area contributed by atoms with Crippen LogP contribution in [-0.4, -0.2) is 28.3 Å². The summed E-state index contributed by atoms with van der Waals surface area (Å²) in [6.07, 6.45) is -0.630. The van der Waals surface area contributed by atoms with Crippen LogP contribution in [0.25, 0.3) is 0 Å². The summed E-state index contributed by atoms with van der Waals surface area (Å²) in [6, 6.07) is 8.47. The van der Waals surface area contributed by atoms with Gasteiger partial charge in [-0.2, -0.15) is 13.2 Å². The molecule has 8 heteroatoms. The molecule has 1 aromatic heterocycles. The van der Waals surface area contributed by atoms with Gasteiger partial charge in [-0.1, -0.05) is 18.2 Å². The lowest BCUT2D eigenvalue weighted by atomic mass is 10.00. The lowest BCUT2D eigenvalue weighted by Crippen LogP contribution is -2.31. The van der Waals surface area contributed by atoms with Gasteiger partial charge in [-0.15, -0.1) is 0 Å². The Morgan fingerprint density at radius 1 is 1.28 bits per heavy atom. The Balaban J connectivity index is 1.50. The molecule has 0 radical (unpaired) electrons. The third-order valence-corrected chi connectivity index (χ3v) is 4.34. The number of hydrogen-bond donors (Lipinski definition) is 1. The highest BCUT2D eigenvalue weighted by molar-refractivity contribution is 5.77. The van der Waals surface area contributed by atoms with Crippen molar-refractivity contribution >= 4 is 6.03 Å². The van der Waals surface area contributed by atoms with Crippen LogP contribution in [-0.2, 0) is 0 Å². The second kappa shape index (κ2) is 6.78. The van der Waals surface area contributed by atoms with Crippen LogP contribution in [0.5, 0.6) is 11.8 Å². The number of para-hydroxylation sites is 1. The van der Waals surface area contributed by atoms with E-state index >= 15 is 0 Å². The molecule has 25 heavy (non-hydrogen) atoms. The van der Waals surface area contributed by atoms with Gasteiger partial charge >= 0.3 is 18.2 Å². The van der Waals surface area contributed by atoms with Crippen molar-refractivity contribution in [3.63, 3.8) is 0 Å². The highest BCUT2D eigenvalue weighted by Crippen LogP contribution is 2.60. The number of carbonyl (C=O) groups excluding carboxylic acids is 1. The van der Waals surface area contributed by atoms with Crippen LogP contribution in [0.15, 0.2) is 42.7 Å². The molecule has 2 aromatic rings. The number of nitrogens with zero attached hydrogens (tertiary/aromatic N) is 2. The van der Waals surface area contributed by atoms with Gasteiger partial charge in [0.05, 0.1) is 5.41 Å². The van der Waals surface area contributed by atoms with Gasteiger partial charge in [-0.25, -0.2) is 14.3 Å². The Morgan fingerprint density at radius 3 is 2.64 bits per heavy atom. The average Bonchev–Trinajstić information content (AvgIpc) is 3.25. The van der Waals surface area contributed by atoms with Gasteiger partial charge in [0.25, 0.3) is 0 Å². The summed E-state index contributed by atoms with van der Waals surface area (Å²) in [5.41, 5.74) is -1.53. The van der Waals surface area contributed by atoms with Gasteiger partial charge in [0.2, 0.25) is 0 Å². The number of rotatable bonds is 6. The molecule has 0 unspecified atom stereocenters. The minimum atomic E-state index is -4.15. The first kappa shape index (κ1) is 17.3. The fraction of sp³-hybridized carbons (Fsp3) is 0.412. The maximum Gasteiger partial charge on any atom is 0.394 e. The lowest BCUT2D eigenvalue weighted by Gasteiger charge is -2.18. The van der Waals surface area contributed by atoms with Crippen molar-refractivity contribution in [3.8, 4) is 11.8 Å². The summed E-state index contributed by atoms with van der Waals surface area (Å²) in [4.78, 5) is 16.1. The Bertz CT molecular complexity index is 724. The summed E-state index contributed by atoms with van der Waals surface area (Å²) in [5, 5.41) is 2.60. The van der Waals surface area contributed by atoms with Gasteiger partial charge in [-0.05, 0) is 37.8 Å². The first-order valence-electron chi connectivity index (χ1n) is 8.02. The molecule has 5 nitrogen and oxygen atoms in total. The molecule has 1 amide bonds. The van der Waals surface area contributed by atoms with Gasteiger partial charge in [-0.3, -0.25) is 0 Å². The van der Waals surface area contributed by atoms with E-state index in [0.29, 0.717) is 5.75 Å². The van der Waals surface area contributed by atoms with Crippen LogP contribution in [0.2, 0.25) is 0 Å². The van der Waals surface area contributed by atoms with Crippen molar-refractivity contribution in [2.75, 3.05) is 6.54 Å². The van der Waals surface area contributed by atoms with E-state index in [1.165, 1.54) is 17.0 Å². The van der Waals surface area contributed by atoms with Gasteiger partial charge in [0, 0.05) is 18.9 Å². The molecule has 0 saturated heterocycles. The molecule has 1 aromatic carbocycles. The van der Waals surface area contributed by atoms with Gasteiger partial charge < -0.3 is 10.1 Å². The third-order valence-electron chi connectivity index (χ3n) is 4.34. The normalized spacial score (nSPS) is 15.6. The third kappa shape index (κ3) is 3.94. The molecule has 1 fully saturated rings. The molecular formula is C17H18F3N3O2. The average molecular weight is 353 g/mol. The van der Waals surface area contributed by atoms with Crippen LogP contribution >= 0.6 is 0 Å². The van der Waals surface area contributed by atoms with E-state index in [0.717, 1.165) is 0 Å². The van der Waals surface area contributed by atoms with E-state index in [1.807, 2.05) is 6.07 Å². The Kier molecular flexibility index (Phi) is 4.69. The quantitative estimate of drug-likeness (QED) is 0.785. The zero-order valence-electron chi connectivity index (χ0n) is 13.4. The van der Waals surface area contributed by atoms with Crippen molar-refractivity contribution in [2.45, 2.75) is 31.9 Å². The zero-order chi connectivity index (χ0) is 17.9. The molecule has 3 rings (SSSR count). The van der Waals surface area contributed by atoms with Crippen LogP contribution in [0.3, 0.4) is 0 Å². The van der Waals surface area contributed by atoms with Crippen molar-refractivity contribution in [1.82, 2.24) is 14.9 Å². The topological polar surface area (TPSA) is 56.2 Å². The monoisotopic (exact) mass is 353 g/mol. The molecule has 0 bridgehead atoms. The van der Waals surface area contributed by atoms with E-state index in [9.17, 15) is 18.0 Å². The largest absolute Gasteiger partial charge is 0.425 e. The second-order valence-corrected chi connectivity index (χ2v) is 6.11. The molecule has 1 N–H and O–H groups in total. The molecule has 1 aliphatic carbocycles. The number of ether oxygens (including phenoxy) is 1. The summed E-state index contributed by atoms with van der Waals surface area (Å²) in [7, 11) is 0. The maximum absolute atomic E-state index is 12.8. The first-order chi connectivity index (χ1) is 11.9. The number of benzene rings is 1. The minimum Gasteiger partial charge on any atom is -0.425 e. The standard InChI is InChI=1S/C17H18F3N3O2/c18-17(19,20)16(8-9-16)7-4-10-21-14(24)23-12-11-22-15(23)25-13-5-2-1-3-6-13/h1-3,5-6,11-12H,4,7-10H2,(H,21,24). The zero-order valence-corrected chi connectivity index (χ0v) is 13.4. The molecule has 1 aliphatic rings. The van der Waals surface area contributed by atoms with Gasteiger partial charge in [0.1, 0.15) is 5.75 Å². The lowest BCUT2D eigenvalue weighted by molar-refractivity contribution is -0.189. The number of nitrogens with one attached hydrogen (secondary N) is 1. The smallest absolute Gasteiger partial charge is 0.394 e. The van der Waals surface area contributed by atoms with Crippen molar-refractivity contribution in [3.05, 3.63) is 42.7 Å². The fourth-order valence-corrected chi connectivity index (χ4v) is 2.65. The summed E-state index contributed by atoms with van der Waals surface area (Å²) in [5.74, 6) is 0.531. The molecule has 1 saturated carbocycles. The molecule has 1 heterocycles. The van der Waals surface area contributed by atoms with Crippen molar-refractivity contribution in [2.24, 2.45) is 5.41 Å². The van der Waals surface area contributed by atoms with Crippen LogP contribution in [0, 0.1) is 5.41 Å². The predicted octanol–water partition coefficient (Wildman–Crippen LogP) is 4.36. The summed E-state index contributed by atoms with van der Waals surface area (Å²) in [6.45, 7) is 0.166. The van der Waals surface area contributed by atoms with E-state index in [2.05, 4.69) is 10.3 Å². The van der Waals surface area contributed by atoms with Gasteiger partial charge in [0.15, 0.2) is 0 Å². The Morgan fingerprint density at radius 2 is 2.00 bits per heavy atom. The van der Waals surface area contributed by atoms with E-state index in [1.54, 1.807) is 24.3 Å². The number of halogens is 3. The maximum atomic E-state index is 12.8. The molecule has 134 valence electrons. The minimum absolute atomic E-state index is 0.0358. The highest BCUT2D eigenvalue weighted by atomic mass is 19.4. The van der Waals surface area contributed by atoms with Crippen molar-refractivity contribution in [1.29, 1.82) is 0 Å². The number of alkyl halides is 3. The van der Waals surface area contributed by atoms with E-state index in [4.69, 9.17) is 4.74 Å². The second-order valence-electron chi connectivity index (χ2n) is 6.11. The molecule has 0 aliphatic heterocycles. The number of amides is 1. The highest BCUT2D eigenvalue weighted by Gasteiger charge is 2.62. The summed E-state index contributed by atoms with van der Waals surface area (Å²) < 4.78 is 45.3. The molecular weight excluding hydrogens is 335 g/mol. The molecule has 0 atom stereocenters. The van der Waals surface area contributed by atoms with E-state index in [-0.39, 0.29) is 38.2 Å². The summed E-state index contributed by atoms with van der Waals surface area (Å²) >= 11 is 0. The van der Waals surface area contributed by atoms with Crippen LogP contribution < -0.4 is 10.1 Å². The number of hydrogen-bond acceptors (Lipinski definition) is 3. The Labute approximate surface area is 142 Å². The van der Waals surface area contributed by atoms with E-state index < -0.39 is 17.6 Å². The van der Waals surface area contributed by atoms with Crippen LogP contribution in [0.1, 0.15) is 25.7 Å². The molecule has 0 spiro atoms. The van der Waals surface area contributed by atoms with Crippen LogP contribution in [0.4, 0.5) is 18.0 Å². The fourth-order valence-electron chi connectivity index (χ4n) is 2.65. The van der Waals surface area contributed by atoms with Crippen molar-refractivity contribution < 1.29 is 22.7 Å². The number of aromatic nitrogens is 2. The SMILES string of the molecule is O=C(NCCCC1(C(F)(F)F)CC1)n1ccnc1Oc1ccccc1. The predicted molar refractivity (Wildman–Crippen MR) is 84.5 cm³/mol. The number of carbonyl (C=O) groups is 1.